The van der Waals surface area contributed by atoms with Crippen LogP contribution in [-0.2, 0) is 9.59 Å². The van der Waals surface area contributed by atoms with Gasteiger partial charge >= 0.3 is 0 Å². The maximum absolute atomic E-state index is 12.8. The van der Waals surface area contributed by atoms with Crippen molar-refractivity contribution in [2.45, 2.75) is 58.5 Å². The van der Waals surface area contributed by atoms with E-state index >= 15 is 0 Å². The Hall–Kier alpha value is -0.960. The van der Waals surface area contributed by atoms with Crippen LogP contribution in [0.4, 0.5) is 0 Å². The molecule has 0 amide bonds. The van der Waals surface area contributed by atoms with Gasteiger partial charge in [-0.15, -0.1) is 0 Å². The molecule has 4 fully saturated rings. The Bertz CT molecular complexity index is 649. The minimum Gasteiger partial charge on any atom is -0.393 e. The first-order chi connectivity index (χ1) is 10.9. The predicted molar refractivity (Wildman–Crippen MR) is 85.5 cm³/mol. The molecule has 23 heavy (non-hydrogen) atoms. The standard InChI is InChI=1S/C20H26O3/c1-19-6-5-11(21)7-10(19)3-4-12-16-13-8-14(13)18(23)20(16,2)9-15(22)17(12)19/h7,12-17,22H,3-6,8-9H2,1-2H3/t12-,13+,14-,15-,16+,17+,19-,20-/m0/s1. The molecule has 0 aliphatic heterocycles. The van der Waals surface area contributed by atoms with Crippen molar-refractivity contribution in [1.82, 2.24) is 0 Å². The summed E-state index contributed by atoms with van der Waals surface area (Å²) >= 11 is 0. The van der Waals surface area contributed by atoms with Crippen LogP contribution < -0.4 is 0 Å². The van der Waals surface area contributed by atoms with Crippen LogP contribution in [0.2, 0.25) is 0 Å². The van der Waals surface area contributed by atoms with Crippen molar-refractivity contribution in [3.05, 3.63) is 11.6 Å². The van der Waals surface area contributed by atoms with Crippen LogP contribution in [0, 0.1) is 40.4 Å². The Labute approximate surface area is 137 Å². The van der Waals surface area contributed by atoms with Gasteiger partial charge in [-0.2, -0.15) is 0 Å². The van der Waals surface area contributed by atoms with Crippen LogP contribution in [0.15, 0.2) is 11.6 Å². The second-order valence-electron chi connectivity index (χ2n) is 9.37. The van der Waals surface area contributed by atoms with Crippen molar-refractivity contribution < 1.29 is 14.7 Å². The van der Waals surface area contributed by atoms with Gasteiger partial charge in [-0.3, -0.25) is 9.59 Å². The van der Waals surface area contributed by atoms with Gasteiger partial charge in [0.15, 0.2) is 5.78 Å². The van der Waals surface area contributed by atoms with Crippen molar-refractivity contribution in [3.8, 4) is 0 Å². The lowest BCUT2D eigenvalue weighted by molar-refractivity contribution is -0.152. The number of allylic oxidation sites excluding steroid dienone is 1. The van der Waals surface area contributed by atoms with Crippen molar-refractivity contribution in [3.63, 3.8) is 0 Å². The van der Waals surface area contributed by atoms with E-state index in [4.69, 9.17) is 0 Å². The van der Waals surface area contributed by atoms with Crippen LogP contribution in [0.25, 0.3) is 0 Å². The van der Waals surface area contributed by atoms with Crippen molar-refractivity contribution >= 4 is 11.6 Å². The Morgan fingerprint density at radius 1 is 1.09 bits per heavy atom. The third kappa shape index (κ3) is 1.60. The number of carbonyl (C=O) groups excluding carboxylic acids is 2. The number of Topliss-reactive ketones (excluding diaryl/α,β-unsaturated/α-hetero) is 1. The zero-order valence-electron chi connectivity index (χ0n) is 14.0. The van der Waals surface area contributed by atoms with Crippen LogP contribution in [0.5, 0.6) is 0 Å². The average molecular weight is 314 g/mol. The van der Waals surface area contributed by atoms with E-state index in [9.17, 15) is 14.7 Å². The number of ketones is 2. The number of carbonyl (C=O) groups is 2. The maximum atomic E-state index is 12.8. The molecule has 4 saturated carbocycles. The Kier molecular flexibility index (Phi) is 2.61. The second kappa shape index (κ2) is 4.17. The lowest BCUT2D eigenvalue weighted by atomic mass is 9.46. The van der Waals surface area contributed by atoms with Crippen LogP contribution in [0.3, 0.4) is 0 Å². The number of rotatable bonds is 0. The topological polar surface area (TPSA) is 54.4 Å². The van der Waals surface area contributed by atoms with Gasteiger partial charge in [0, 0.05) is 17.8 Å². The fourth-order valence-electron chi connectivity index (χ4n) is 7.36. The Morgan fingerprint density at radius 2 is 1.87 bits per heavy atom. The van der Waals surface area contributed by atoms with Gasteiger partial charge in [-0.1, -0.05) is 19.4 Å². The van der Waals surface area contributed by atoms with Gasteiger partial charge < -0.3 is 5.11 Å². The summed E-state index contributed by atoms with van der Waals surface area (Å²) in [7, 11) is 0. The monoisotopic (exact) mass is 314 g/mol. The molecule has 5 aliphatic rings. The summed E-state index contributed by atoms with van der Waals surface area (Å²) in [5.41, 5.74) is 0.957. The van der Waals surface area contributed by atoms with Gasteiger partial charge in [-0.25, -0.2) is 0 Å². The van der Waals surface area contributed by atoms with Crippen LogP contribution in [-0.4, -0.2) is 22.8 Å². The van der Waals surface area contributed by atoms with E-state index in [0.717, 1.165) is 25.7 Å². The molecular weight excluding hydrogens is 288 g/mol. The van der Waals surface area contributed by atoms with E-state index in [2.05, 4.69) is 13.8 Å². The molecule has 8 atom stereocenters. The summed E-state index contributed by atoms with van der Waals surface area (Å²) in [4.78, 5) is 24.6. The summed E-state index contributed by atoms with van der Waals surface area (Å²) in [5, 5.41) is 11.0. The highest BCUT2D eigenvalue weighted by Crippen LogP contribution is 2.71. The molecule has 0 bridgehead atoms. The summed E-state index contributed by atoms with van der Waals surface area (Å²) in [5.74, 6) is 2.76. The molecule has 0 aromatic heterocycles. The third-order valence-corrected chi connectivity index (χ3v) is 8.35. The minimum atomic E-state index is -0.399. The highest BCUT2D eigenvalue weighted by Gasteiger charge is 2.71. The lowest BCUT2D eigenvalue weighted by Crippen LogP contribution is -2.57. The quantitative estimate of drug-likeness (QED) is 0.748. The van der Waals surface area contributed by atoms with Gasteiger partial charge in [0.1, 0.15) is 5.78 Å². The van der Waals surface area contributed by atoms with Crippen LogP contribution >= 0.6 is 0 Å². The SMILES string of the molecule is C[C@]12CCC(=O)C=C1CC[C@@H]1[C@@H]2[C@@H](O)C[C@]2(C)C(=O)[C@H]3C[C@H]3[C@@H]12. The third-order valence-electron chi connectivity index (χ3n) is 8.35. The molecule has 1 N–H and O–H groups in total. The Morgan fingerprint density at radius 3 is 2.65 bits per heavy atom. The summed E-state index contributed by atoms with van der Waals surface area (Å²) in [6.07, 6.45) is 6.73. The zero-order valence-corrected chi connectivity index (χ0v) is 14.0. The second-order valence-corrected chi connectivity index (χ2v) is 9.37. The van der Waals surface area contributed by atoms with E-state index in [1.165, 1.54) is 5.57 Å². The first kappa shape index (κ1) is 14.4. The maximum Gasteiger partial charge on any atom is 0.155 e. The number of hydrogen-bond acceptors (Lipinski definition) is 3. The van der Waals surface area contributed by atoms with E-state index in [1.807, 2.05) is 6.08 Å². The molecule has 5 aliphatic carbocycles. The van der Waals surface area contributed by atoms with E-state index < -0.39 is 6.10 Å². The molecule has 0 aromatic carbocycles. The largest absolute Gasteiger partial charge is 0.393 e. The fraction of sp³-hybridized carbons (Fsp3) is 0.800. The zero-order chi connectivity index (χ0) is 16.1. The highest BCUT2D eigenvalue weighted by molar-refractivity contribution is 5.93. The molecule has 5 rings (SSSR count). The summed E-state index contributed by atoms with van der Waals surface area (Å²) in [6.45, 7) is 4.40. The molecule has 3 heteroatoms. The van der Waals surface area contributed by atoms with E-state index in [-0.39, 0.29) is 22.5 Å². The normalized spacial score (nSPS) is 57.1. The molecule has 0 unspecified atom stereocenters. The summed E-state index contributed by atoms with van der Waals surface area (Å²) in [6, 6.07) is 0. The average Bonchev–Trinajstić information content (AvgIpc) is 3.22. The molecule has 3 nitrogen and oxygen atoms in total. The predicted octanol–water partition coefficient (Wildman–Crippen LogP) is 2.91. The smallest absolute Gasteiger partial charge is 0.155 e. The number of aliphatic hydroxyl groups is 1. The van der Waals surface area contributed by atoms with E-state index in [0.29, 0.717) is 42.3 Å². The molecule has 0 aromatic rings. The number of aliphatic hydroxyl groups excluding tert-OH is 1. The van der Waals surface area contributed by atoms with Crippen LogP contribution in [0.1, 0.15) is 52.4 Å². The summed E-state index contributed by atoms with van der Waals surface area (Å²) < 4.78 is 0. The van der Waals surface area contributed by atoms with Gasteiger partial charge in [0.05, 0.1) is 6.10 Å². The molecule has 0 saturated heterocycles. The van der Waals surface area contributed by atoms with Gasteiger partial charge in [0.25, 0.3) is 0 Å². The Balaban J connectivity index is 1.59. The fourth-order valence-corrected chi connectivity index (χ4v) is 7.36. The molecule has 0 spiro atoms. The van der Waals surface area contributed by atoms with E-state index in [1.54, 1.807) is 0 Å². The van der Waals surface area contributed by atoms with Crippen molar-refractivity contribution in [2.24, 2.45) is 40.4 Å². The molecule has 124 valence electrons. The first-order valence-corrected chi connectivity index (χ1v) is 9.32. The lowest BCUT2D eigenvalue weighted by Gasteiger charge is -2.59. The van der Waals surface area contributed by atoms with Gasteiger partial charge in [-0.05, 0) is 67.3 Å². The number of fused-ring (bicyclic) bond motifs is 7. The van der Waals surface area contributed by atoms with Crippen molar-refractivity contribution in [1.29, 1.82) is 0 Å². The highest BCUT2D eigenvalue weighted by atomic mass is 16.3. The van der Waals surface area contributed by atoms with Gasteiger partial charge in [0.2, 0.25) is 0 Å². The molecular formula is C20H26O3. The number of hydrogen-bond donors (Lipinski definition) is 1. The minimum absolute atomic E-state index is 0.0341. The van der Waals surface area contributed by atoms with Crippen molar-refractivity contribution in [2.75, 3.05) is 0 Å². The molecule has 0 radical (unpaired) electrons. The molecule has 0 heterocycles. The first-order valence-electron chi connectivity index (χ1n) is 9.32.